The predicted molar refractivity (Wildman–Crippen MR) is 65.6 cm³/mol. The quantitative estimate of drug-likeness (QED) is 0.641. The van der Waals surface area contributed by atoms with Crippen LogP contribution in [0.15, 0.2) is 12.7 Å². The molecule has 2 nitrogen and oxygen atoms in total. The number of carbonyl (C=O) groups is 1. The maximum Gasteiger partial charge on any atom is 0.226 e. The Balaban J connectivity index is 4.96. The molecule has 15 heavy (non-hydrogen) atoms. The van der Waals surface area contributed by atoms with Crippen molar-refractivity contribution < 1.29 is 6.17 Å². The molecular formula is C13H25NO. The minimum Gasteiger partial charge on any atom is -0.338 e. The minimum atomic E-state index is -0.904. The molecule has 0 saturated carbocycles. The fourth-order valence-electron chi connectivity index (χ4n) is 1.70. The standard InChI is InChI=1S/C13H25NO/c1-8-11(6)12(7)13(15)14(9(2)3)10(4)5/h8-12H,1H2,2-7H3/t11-,12-/m1/s1/i11D. The summed E-state index contributed by atoms with van der Waals surface area (Å²) < 4.78 is 8.02. The largest absolute Gasteiger partial charge is 0.338 e. The predicted octanol–water partition coefficient (Wildman–Crippen LogP) is 3.09. The summed E-state index contributed by atoms with van der Waals surface area (Å²) in [6.45, 7) is 15.1. The van der Waals surface area contributed by atoms with Crippen LogP contribution in [0.4, 0.5) is 0 Å². The summed E-state index contributed by atoms with van der Waals surface area (Å²) in [5.74, 6) is -1.24. The molecule has 0 N–H and O–H groups in total. The second-order valence-electron chi connectivity index (χ2n) is 4.60. The van der Waals surface area contributed by atoms with Crippen molar-refractivity contribution in [3.63, 3.8) is 0 Å². The van der Waals surface area contributed by atoms with Crippen molar-refractivity contribution >= 4 is 5.91 Å². The van der Waals surface area contributed by atoms with Crippen molar-refractivity contribution in [2.75, 3.05) is 0 Å². The molecule has 0 bridgehead atoms. The summed E-state index contributed by atoms with van der Waals surface area (Å²) >= 11 is 0. The van der Waals surface area contributed by atoms with Crippen molar-refractivity contribution in [1.29, 1.82) is 0 Å². The van der Waals surface area contributed by atoms with Crippen molar-refractivity contribution in [3.8, 4) is 0 Å². The Hall–Kier alpha value is -0.790. The van der Waals surface area contributed by atoms with Crippen LogP contribution in [0.3, 0.4) is 0 Å². The Morgan fingerprint density at radius 1 is 1.20 bits per heavy atom. The molecule has 0 aliphatic carbocycles. The minimum absolute atomic E-state index is 0.0300. The molecule has 0 aliphatic rings. The fraction of sp³-hybridized carbons (Fsp3) is 0.769. The molecule has 88 valence electrons. The Morgan fingerprint density at radius 3 is 1.87 bits per heavy atom. The van der Waals surface area contributed by atoms with Crippen LogP contribution in [0.1, 0.15) is 42.9 Å². The van der Waals surface area contributed by atoms with Crippen LogP contribution in [0.5, 0.6) is 0 Å². The molecule has 2 atom stereocenters. The molecule has 0 aromatic rings. The van der Waals surface area contributed by atoms with Gasteiger partial charge in [0, 0.05) is 19.4 Å². The molecular weight excluding hydrogens is 186 g/mol. The molecule has 0 radical (unpaired) electrons. The van der Waals surface area contributed by atoms with Gasteiger partial charge in [-0.15, -0.1) is 6.58 Å². The monoisotopic (exact) mass is 212 g/mol. The van der Waals surface area contributed by atoms with E-state index in [0.29, 0.717) is 0 Å². The number of hydrogen-bond donors (Lipinski definition) is 0. The van der Waals surface area contributed by atoms with Crippen LogP contribution in [0.25, 0.3) is 0 Å². The van der Waals surface area contributed by atoms with Gasteiger partial charge in [-0.2, -0.15) is 0 Å². The number of rotatable bonds is 5. The first-order valence-corrected chi connectivity index (χ1v) is 5.61. The second kappa shape index (κ2) is 5.94. The highest BCUT2D eigenvalue weighted by Crippen LogP contribution is 2.18. The second-order valence-corrected chi connectivity index (χ2v) is 4.60. The summed E-state index contributed by atoms with van der Waals surface area (Å²) in [6, 6.07) is 0.325. The Bertz CT molecular complexity index is 251. The van der Waals surface area contributed by atoms with Crippen LogP contribution in [-0.4, -0.2) is 22.9 Å². The maximum absolute atomic E-state index is 12.3. The zero-order valence-electron chi connectivity index (χ0n) is 11.9. The van der Waals surface area contributed by atoms with E-state index in [2.05, 4.69) is 6.58 Å². The first-order chi connectivity index (χ1) is 7.15. The Morgan fingerprint density at radius 2 is 1.60 bits per heavy atom. The molecule has 2 heteroatoms. The van der Waals surface area contributed by atoms with E-state index in [-0.39, 0.29) is 23.9 Å². The van der Waals surface area contributed by atoms with Gasteiger partial charge in [-0.25, -0.2) is 0 Å². The van der Waals surface area contributed by atoms with E-state index in [1.165, 1.54) is 6.08 Å². The molecule has 0 saturated heterocycles. The number of allylic oxidation sites excluding steroid dienone is 1. The number of amides is 1. The van der Waals surface area contributed by atoms with Crippen molar-refractivity contribution in [2.45, 2.75) is 53.6 Å². The smallest absolute Gasteiger partial charge is 0.226 e. The van der Waals surface area contributed by atoms with Gasteiger partial charge < -0.3 is 4.90 Å². The molecule has 0 spiro atoms. The van der Waals surface area contributed by atoms with E-state index >= 15 is 0 Å². The fourth-order valence-corrected chi connectivity index (χ4v) is 1.70. The van der Waals surface area contributed by atoms with Crippen molar-refractivity contribution in [1.82, 2.24) is 4.90 Å². The third-order valence-corrected chi connectivity index (χ3v) is 2.74. The first kappa shape index (κ1) is 12.3. The van der Waals surface area contributed by atoms with Crippen LogP contribution in [-0.2, 0) is 4.79 Å². The van der Waals surface area contributed by atoms with Crippen molar-refractivity contribution in [3.05, 3.63) is 12.7 Å². The third-order valence-electron chi connectivity index (χ3n) is 2.74. The lowest BCUT2D eigenvalue weighted by Crippen LogP contribution is -2.45. The van der Waals surface area contributed by atoms with Crippen LogP contribution < -0.4 is 0 Å². The Labute approximate surface area is 95.8 Å². The van der Waals surface area contributed by atoms with E-state index in [1.54, 1.807) is 13.8 Å². The zero-order valence-corrected chi connectivity index (χ0v) is 10.9. The SMILES string of the molecule is [2H][C@@](C)(C=C)[C@@H](C)C(=O)N(C(C)C)C(C)C. The van der Waals surface area contributed by atoms with Gasteiger partial charge in [-0.05, 0) is 33.6 Å². The van der Waals surface area contributed by atoms with Gasteiger partial charge in [-0.1, -0.05) is 19.9 Å². The van der Waals surface area contributed by atoms with E-state index in [4.69, 9.17) is 1.37 Å². The number of nitrogens with zero attached hydrogens (tertiary/aromatic N) is 1. The van der Waals surface area contributed by atoms with Crippen LogP contribution >= 0.6 is 0 Å². The average Bonchev–Trinajstić information content (AvgIpc) is 2.15. The molecule has 1 amide bonds. The van der Waals surface area contributed by atoms with E-state index in [9.17, 15) is 4.79 Å². The lowest BCUT2D eigenvalue weighted by molar-refractivity contribution is -0.139. The number of carbonyl (C=O) groups excluding carboxylic acids is 1. The van der Waals surface area contributed by atoms with Crippen LogP contribution in [0, 0.1) is 11.8 Å². The topological polar surface area (TPSA) is 20.3 Å². The van der Waals surface area contributed by atoms with Gasteiger partial charge in [0.05, 0.1) is 0 Å². The van der Waals surface area contributed by atoms with Crippen molar-refractivity contribution in [2.24, 2.45) is 11.8 Å². The summed E-state index contributed by atoms with van der Waals surface area (Å²) in [5.41, 5.74) is 0. The lowest BCUT2D eigenvalue weighted by Gasteiger charge is -2.34. The highest BCUT2D eigenvalue weighted by Gasteiger charge is 2.27. The first-order valence-electron chi connectivity index (χ1n) is 6.11. The summed E-state index contributed by atoms with van der Waals surface area (Å²) in [5, 5.41) is 0. The molecule has 0 rings (SSSR count). The zero-order chi connectivity index (χ0) is 13.1. The highest BCUT2D eigenvalue weighted by atomic mass is 16.2. The van der Waals surface area contributed by atoms with Gasteiger partial charge in [0.15, 0.2) is 0 Å². The summed E-state index contributed by atoms with van der Waals surface area (Å²) in [6.07, 6.45) is 1.54. The molecule has 0 aliphatic heterocycles. The molecule has 0 fully saturated rings. The molecule has 0 aromatic carbocycles. The van der Waals surface area contributed by atoms with Gasteiger partial charge in [0.1, 0.15) is 0 Å². The summed E-state index contributed by atoms with van der Waals surface area (Å²) in [7, 11) is 0. The van der Waals surface area contributed by atoms with Crippen LogP contribution in [0.2, 0.25) is 0 Å². The number of hydrogen-bond acceptors (Lipinski definition) is 1. The van der Waals surface area contributed by atoms with Gasteiger partial charge in [0.2, 0.25) is 5.91 Å². The highest BCUT2D eigenvalue weighted by molar-refractivity contribution is 5.79. The summed E-state index contributed by atoms with van der Waals surface area (Å²) in [4.78, 5) is 14.1. The van der Waals surface area contributed by atoms with Gasteiger partial charge >= 0.3 is 0 Å². The van der Waals surface area contributed by atoms with Gasteiger partial charge in [-0.3, -0.25) is 4.79 Å². The normalized spacial score (nSPS) is 18.3. The average molecular weight is 212 g/mol. The maximum atomic E-state index is 12.3. The third kappa shape index (κ3) is 3.69. The lowest BCUT2D eigenvalue weighted by atomic mass is 9.94. The van der Waals surface area contributed by atoms with E-state index < -0.39 is 5.89 Å². The van der Waals surface area contributed by atoms with E-state index in [1.807, 2.05) is 32.6 Å². The van der Waals surface area contributed by atoms with Gasteiger partial charge in [0.25, 0.3) is 0 Å². The molecule has 0 unspecified atom stereocenters. The Kier molecular flexibility index (Phi) is 4.86. The molecule has 0 aromatic heterocycles. The molecule has 0 heterocycles. The van der Waals surface area contributed by atoms with E-state index in [0.717, 1.165) is 0 Å².